The summed E-state index contributed by atoms with van der Waals surface area (Å²) in [6.07, 6.45) is 0. The zero-order valence-electron chi connectivity index (χ0n) is 12.1. The fraction of sp³-hybridized carbons (Fsp3) is 0.571. The molecule has 2 N–H and O–H groups in total. The van der Waals surface area contributed by atoms with Crippen molar-refractivity contribution < 1.29 is 18.1 Å². The predicted molar refractivity (Wildman–Crippen MR) is 76.9 cm³/mol. The van der Waals surface area contributed by atoms with Gasteiger partial charge in [-0.2, -0.15) is 8.78 Å². The second kappa shape index (κ2) is 6.28. The monoisotopic (exact) mass is 305 g/mol. The van der Waals surface area contributed by atoms with E-state index in [1.165, 1.54) is 18.2 Å². The van der Waals surface area contributed by atoms with E-state index in [0.717, 1.165) is 0 Å². The van der Waals surface area contributed by atoms with Crippen LogP contribution in [-0.2, 0) is 16.9 Å². The SMILES string of the molecule is CC(NS(=O)C(C)(C)C)c1cccc(C(F)(F)CO)c1. The summed E-state index contributed by atoms with van der Waals surface area (Å²) in [7, 11) is -1.28. The van der Waals surface area contributed by atoms with Gasteiger partial charge in [0.1, 0.15) is 6.61 Å². The molecule has 2 unspecified atom stereocenters. The van der Waals surface area contributed by atoms with Crippen LogP contribution in [0.25, 0.3) is 0 Å². The van der Waals surface area contributed by atoms with Gasteiger partial charge >= 0.3 is 0 Å². The van der Waals surface area contributed by atoms with E-state index in [9.17, 15) is 13.0 Å². The summed E-state index contributed by atoms with van der Waals surface area (Å²) in [6, 6.07) is 5.46. The molecule has 0 saturated carbocycles. The molecule has 0 aliphatic rings. The van der Waals surface area contributed by atoms with Gasteiger partial charge in [-0.05, 0) is 39.3 Å². The number of hydrogen-bond donors (Lipinski definition) is 2. The topological polar surface area (TPSA) is 49.3 Å². The molecule has 0 aliphatic heterocycles. The Morgan fingerprint density at radius 1 is 1.35 bits per heavy atom. The van der Waals surface area contributed by atoms with Crippen LogP contribution in [0, 0.1) is 0 Å². The molecule has 1 rings (SSSR count). The van der Waals surface area contributed by atoms with Crippen LogP contribution >= 0.6 is 0 Å². The smallest absolute Gasteiger partial charge is 0.295 e. The molecular formula is C14H21F2NO2S. The second-order valence-corrected chi connectivity index (χ2v) is 7.71. The van der Waals surface area contributed by atoms with Crippen molar-refractivity contribution in [3.63, 3.8) is 0 Å². The van der Waals surface area contributed by atoms with Crippen molar-refractivity contribution in [1.82, 2.24) is 4.72 Å². The first kappa shape index (κ1) is 17.2. The molecule has 3 nitrogen and oxygen atoms in total. The lowest BCUT2D eigenvalue weighted by Crippen LogP contribution is -2.34. The summed E-state index contributed by atoms with van der Waals surface area (Å²) in [5.74, 6) is -3.26. The largest absolute Gasteiger partial charge is 0.390 e. The van der Waals surface area contributed by atoms with Gasteiger partial charge in [0.25, 0.3) is 5.92 Å². The molecule has 0 spiro atoms. The Morgan fingerprint density at radius 2 is 1.95 bits per heavy atom. The van der Waals surface area contributed by atoms with E-state index >= 15 is 0 Å². The van der Waals surface area contributed by atoms with Crippen LogP contribution in [0.15, 0.2) is 24.3 Å². The molecule has 0 aliphatic carbocycles. The van der Waals surface area contributed by atoms with E-state index in [2.05, 4.69) is 4.72 Å². The predicted octanol–water partition coefficient (Wildman–Crippen LogP) is 2.88. The first-order chi connectivity index (χ1) is 9.08. The lowest BCUT2D eigenvalue weighted by Gasteiger charge is -2.23. The Morgan fingerprint density at radius 3 is 2.45 bits per heavy atom. The Kier molecular flexibility index (Phi) is 5.40. The first-order valence-electron chi connectivity index (χ1n) is 6.35. The third-order valence-electron chi connectivity index (χ3n) is 2.85. The maximum atomic E-state index is 13.4. The summed E-state index contributed by atoms with van der Waals surface area (Å²) >= 11 is 0. The molecule has 0 fully saturated rings. The molecule has 0 aromatic heterocycles. The number of aliphatic hydroxyl groups is 1. The van der Waals surface area contributed by atoms with Crippen LogP contribution in [0.3, 0.4) is 0 Å². The fourth-order valence-electron chi connectivity index (χ4n) is 1.53. The van der Waals surface area contributed by atoms with Gasteiger partial charge in [-0.1, -0.05) is 18.2 Å². The van der Waals surface area contributed by atoms with E-state index in [4.69, 9.17) is 5.11 Å². The van der Waals surface area contributed by atoms with Crippen LogP contribution in [-0.4, -0.2) is 20.7 Å². The van der Waals surface area contributed by atoms with E-state index in [-0.39, 0.29) is 11.6 Å². The Hall–Kier alpha value is -0.850. The molecule has 0 saturated heterocycles. The summed E-state index contributed by atoms with van der Waals surface area (Å²) in [6.45, 7) is 6.03. The van der Waals surface area contributed by atoms with E-state index in [1.54, 1.807) is 13.0 Å². The van der Waals surface area contributed by atoms with Gasteiger partial charge in [-0.15, -0.1) is 0 Å². The highest BCUT2D eigenvalue weighted by Crippen LogP contribution is 2.29. The van der Waals surface area contributed by atoms with Crippen molar-refractivity contribution in [1.29, 1.82) is 0 Å². The van der Waals surface area contributed by atoms with E-state index < -0.39 is 28.3 Å². The Labute approximate surface area is 121 Å². The highest BCUT2D eigenvalue weighted by atomic mass is 32.2. The molecule has 0 heterocycles. The van der Waals surface area contributed by atoms with Gasteiger partial charge in [0, 0.05) is 11.6 Å². The second-order valence-electron chi connectivity index (χ2n) is 5.71. The van der Waals surface area contributed by atoms with Gasteiger partial charge in [0.2, 0.25) is 0 Å². The van der Waals surface area contributed by atoms with Crippen LogP contribution in [0.1, 0.15) is 44.9 Å². The Bertz CT molecular complexity index is 486. The fourth-order valence-corrected chi connectivity index (χ4v) is 2.34. The molecule has 2 atom stereocenters. The zero-order chi connectivity index (χ0) is 15.6. The molecule has 0 amide bonds. The summed E-state index contributed by atoms with van der Waals surface area (Å²) < 4.78 is 41.4. The lowest BCUT2D eigenvalue weighted by molar-refractivity contribution is -0.0556. The highest BCUT2D eigenvalue weighted by Gasteiger charge is 2.31. The van der Waals surface area contributed by atoms with Crippen molar-refractivity contribution in [3.8, 4) is 0 Å². The summed E-state index contributed by atoms with van der Waals surface area (Å²) in [5.41, 5.74) is 0.362. The standard InChI is InChI=1S/C14H21F2NO2S/c1-10(17-20(19)13(2,3)4)11-6-5-7-12(8-11)14(15,16)9-18/h5-8,10,17-18H,9H2,1-4H3. The third-order valence-corrected chi connectivity index (χ3v) is 4.53. The first-order valence-corrected chi connectivity index (χ1v) is 7.50. The Balaban J connectivity index is 2.93. The van der Waals surface area contributed by atoms with Crippen LogP contribution in [0.5, 0.6) is 0 Å². The summed E-state index contributed by atoms with van der Waals surface area (Å²) in [4.78, 5) is 0. The molecular weight excluding hydrogens is 284 g/mol. The molecule has 0 bridgehead atoms. The summed E-state index contributed by atoms with van der Waals surface area (Å²) in [5, 5.41) is 8.71. The molecule has 114 valence electrons. The number of halogens is 2. The van der Waals surface area contributed by atoms with Crippen molar-refractivity contribution in [3.05, 3.63) is 35.4 Å². The van der Waals surface area contributed by atoms with Gasteiger partial charge in [0.15, 0.2) is 0 Å². The lowest BCUT2D eigenvalue weighted by atomic mass is 10.0. The van der Waals surface area contributed by atoms with Gasteiger partial charge < -0.3 is 5.11 Å². The minimum Gasteiger partial charge on any atom is -0.390 e. The number of alkyl halides is 2. The van der Waals surface area contributed by atoms with Gasteiger partial charge in [0.05, 0.1) is 15.7 Å². The molecule has 1 aromatic rings. The molecule has 6 heteroatoms. The number of aliphatic hydroxyl groups excluding tert-OH is 1. The zero-order valence-corrected chi connectivity index (χ0v) is 12.9. The number of benzene rings is 1. The average molecular weight is 305 g/mol. The van der Waals surface area contributed by atoms with Crippen molar-refractivity contribution in [2.75, 3.05) is 6.61 Å². The van der Waals surface area contributed by atoms with E-state index in [0.29, 0.717) is 5.56 Å². The normalized spacial score (nSPS) is 15.9. The minimum atomic E-state index is -3.26. The van der Waals surface area contributed by atoms with Crippen molar-refractivity contribution in [2.24, 2.45) is 0 Å². The number of nitrogens with one attached hydrogen (secondary N) is 1. The number of rotatable bonds is 5. The maximum Gasteiger partial charge on any atom is 0.295 e. The van der Waals surface area contributed by atoms with Crippen molar-refractivity contribution in [2.45, 2.75) is 44.4 Å². The maximum absolute atomic E-state index is 13.4. The van der Waals surface area contributed by atoms with Crippen molar-refractivity contribution >= 4 is 11.0 Å². The minimum absolute atomic E-state index is 0.243. The molecule has 20 heavy (non-hydrogen) atoms. The molecule has 0 radical (unpaired) electrons. The third kappa shape index (κ3) is 4.33. The van der Waals surface area contributed by atoms with Crippen LogP contribution in [0.2, 0.25) is 0 Å². The average Bonchev–Trinajstić information content (AvgIpc) is 2.37. The van der Waals surface area contributed by atoms with E-state index in [1.807, 2.05) is 20.8 Å². The van der Waals surface area contributed by atoms with Gasteiger partial charge in [-0.3, -0.25) is 0 Å². The van der Waals surface area contributed by atoms with Crippen LogP contribution < -0.4 is 4.72 Å². The van der Waals surface area contributed by atoms with Crippen LogP contribution in [0.4, 0.5) is 8.78 Å². The molecule has 1 aromatic carbocycles. The highest BCUT2D eigenvalue weighted by molar-refractivity contribution is 7.84. The quantitative estimate of drug-likeness (QED) is 0.879. The number of hydrogen-bond acceptors (Lipinski definition) is 2. The van der Waals surface area contributed by atoms with Gasteiger partial charge in [-0.25, -0.2) is 8.93 Å².